The molecule has 0 bridgehead atoms. The molecule has 1 aliphatic rings. The van der Waals surface area contributed by atoms with Gasteiger partial charge in [0.1, 0.15) is 6.04 Å². The van der Waals surface area contributed by atoms with E-state index in [9.17, 15) is 9.59 Å². The van der Waals surface area contributed by atoms with Gasteiger partial charge in [-0.15, -0.1) is 0 Å². The number of rotatable bonds is 4. The molecule has 1 amide bonds. The molecule has 0 aromatic carbocycles. The highest BCUT2D eigenvalue weighted by atomic mass is 16.6. The van der Waals surface area contributed by atoms with Crippen LogP contribution in [0.5, 0.6) is 0 Å². The second-order valence-corrected chi connectivity index (χ2v) is 3.52. The molecule has 0 unspecified atom stereocenters. The van der Waals surface area contributed by atoms with E-state index in [0.29, 0.717) is 13.0 Å². The highest BCUT2D eigenvalue weighted by molar-refractivity contribution is 5.80. The van der Waals surface area contributed by atoms with Crippen molar-refractivity contribution in [2.45, 2.75) is 32.4 Å². The summed E-state index contributed by atoms with van der Waals surface area (Å²) in [5.41, 5.74) is 0. The fourth-order valence-corrected chi connectivity index (χ4v) is 1.80. The van der Waals surface area contributed by atoms with Crippen molar-refractivity contribution in [3.63, 3.8) is 0 Å². The van der Waals surface area contributed by atoms with Crippen molar-refractivity contribution >= 4 is 12.1 Å². The molecule has 0 aromatic rings. The van der Waals surface area contributed by atoms with Crippen molar-refractivity contribution in [2.24, 2.45) is 0 Å². The monoisotopic (exact) mass is 231 g/mol. The van der Waals surface area contributed by atoms with Crippen LogP contribution in [0, 0.1) is 0 Å². The fraction of sp³-hybridized carbons (Fsp3) is 0.800. The van der Waals surface area contributed by atoms with Crippen molar-refractivity contribution < 1.29 is 24.2 Å². The van der Waals surface area contributed by atoms with E-state index in [-0.39, 0.29) is 19.3 Å². The first kappa shape index (κ1) is 12.8. The van der Waals surface area contributed by atoms with E-state index in [2.05, 4.69) is 0 Å². The van der Waals surface area contributed by atoms with Gasteiger partial charge < -0.3 is 14.6 Å². The molecule has 1 saturated heterocycles. The Kier molecular flexibility index (Phi) is 4.54. The quantitative estimate of drug-likeness (QED) is 0.771. The van der Waals surface area contributed by atoms with E-state index in [1.54, 1.807) is 6.92 Å². The maximum absolute atomic E-state index is 11.5. The van der Waals surface area contributed by atoms with Crippen molar-refractivity contribution in [3.05, 3.63) is 0 Å². The minimum absolute atomic E-state index is 0.212. The van der Waals surface area contributed by atoms with Crippen LogP contribution < -0.4 is 0 Å². The summed E-state index contributed by atoms with van der Waals surface area (Å²) in [6.07, 6.45) is -0.477. The third-order valence-corrected chi connectivity index (χ3v) is 2.45. The Balaban J connectivity index is 2.65. The Morgan fingerprint density at radius 3 is 2.56 bits per heavy atom. The molecule has 6 heteroatoms. The van der Waals surface area contributed by atoms with Gasteiger partial charge in [-0.2, -0.15) is 0 Å². The maximum Gasteiger partial charge on any atom is 0.410 e. The number of carboxylic acid groups (broad SMARTS) is 1. The third-order valence-electron chi connectivity index (χ3n) is 2.45. The molecule has 0 aromatic heterocycles. The predicted molar refractivity (Wildman–Crippen MR) is 55.2 cm³/mol. The summed E-state index contributed by atoms with van der Waals surface area (Å²) < 4.78 is 10.1. The lowest BCUT2D eigenvalue weighted by molar-refractivity contribution is -0.141. The second-order valence-electron chi connectivity index (χ2n) is 3.52. The van der Waals surface area contributed by atoms with Crippen LogP contribution in [0.4, 0.5) is 4.79 Å². The van der Waals surface area contributed by atoms with Crippen LogP contribution >= 0.6 is 0 Å². The minimum atomic E-state index is -1.02. The van der Waals surface area contributed by atoms with E-state index in [1.807, 2.05) is 6.92 Å². The van der Waals surface area contributed by atoms with E-state index in [4.69, 9.17) is 14.6 Å². The maximum atomic E-state index is 11.5. The van der Waals surface area contributed by atoms with Gasteiger partial charge in [-0.05, 0) is 13.8 Å². The number of carbonyl (C=O) groups is 2. The molecule has 1 heterocycles. The van der Waals surface area contributed by atoms with Crippen LogP contribution in [0.1, 0.15) is 20.3 Å². The molecule has 1 aliphatic heterocycles. The van der Waals surface area contributed by atoms with E-state index < -0.39 is 18.1 Å². The number of hydrogen-bond donors (Lipinski definition) is 1. The zero-order valence-corrected chi connectivity index (χ0v) is 9.51. The van der Waals surface area contributed by atoms with Gasteiger partial charge in [0.2, 0.25) is 0 Å². The predicted octanol–water partition coefficient (Wildman–Crippen LogP) is 0.707. The average Bonchev–Trinajstić information content (AvgIpc) is 2.63. The van der Waals surface area contributed by atoms with Crippen molar-refractivity contribution in [3.8, 4) is 0 Å². The van der Waals surface area contributed by atoms with Crippen LogP contribution in [0.25, 0.3) is 0 Å². The Labute approximate surface area is 94.1 Å². The molecule has 1 N–H and O–H groups in total. The summed E-state index contributed by atoms with van der Waals surface area (Å²) in [5.74, 6) is -1.02. The Morgan fingerprint density at radius 1 is 1.38 bits per heavy atom. The first-order chi connectivity index (χ1) is 7.60. The zero-order valence-electron chi connectivity index (χ0n) is 9.51. The third kappa shape index (κ3) is 2.85. The summed E-state index contributed by atoms with van der Waals surface area (Å²) in [6.45, 7) is 4.55. The molecule has 0 aliphatic carbocycles. The summed E-state index contributed by atoms with van der Waals surface area (Å²) in [4.78, 5) is 23.7. The number of amides is 1. The van der Waals surface area contributed by atoms with E-state index in [1.165, 1.54) is 4.90 Å². The number of likely N-dealkylation sites (tertiary alicyclic amines) is 1. The summed E-state index contributed by atoms with van der Waals surface area (Å²) in [7, 11) is 0. The molecular weight excluding hydrogens is 214 g/mol. The Morgan fingerprint density at radius 2 is 2.06 bits per heavy atom. The second kappa shape index (κ2) is 5.69. The first-order valence-corrected chi connectivity index (χ1v) is 5.37. The molecule has 92 valence electrons. The molecule has 1 rings (SSSR count). The average molecular weight is 231 g/mol. The van der Waals surface area contributed by atoms with Crippen LogP contribution in [0.15, 0.2) is 0 Å². The number of aliphatic carboxylic acids is 1. The van der Waals surface area contributed by atoms with Gasteiger partial charge >= 0.3 is 12.1 Å². The Bertz CT molecular complexity index is 268. The number of carbonyl (C=O) groups excluding carboxylic acids is 1. The van der Waals surface area contributed by atoms with Gasteiger partial charge in [0, 0.05) is 13.0 Å². The summed E-state index contributed by atoms with van der Waals surface area (Å²) >= 11 is 0. The number of hydrogen-bond acceptors (Lipinski definition) is 4. The highest BCUT2D eigenvalue weighted by Gasteiger charge is 2.40. The topological polar surface area (TPSA) is 76.1 Å². The molecular formula is C10H17NO5. The molecule has 16 heavy (non-hydrogen) atoms. The molecule has 1 fully saturated rings. The van der Waals surface area contributed by atoms with Crippen LogP contribution in [0.2, 0.25) is 0 Å². The highest BCUT2D eigenvalue weighted by Crippen LogP contribution is 2.21. The molecule has 6 nitrogen and oxygen atoms in total. The van der Waals surface area contributed by atoms with Crippen molar-refractivity contribution in [1.82, 2.24) is 4.90 Å². The van der Waals surface area contributed by atoms with Crippen LogP contribution in [-0.4, -0.2) is 54.0 Å². The van der Waals surface area contributed by atoms with Gasteiger partial charge in [-0.25, -0.2) is 9.59 Å². The van der Waals surface area contributed by atoms with Gasteiger partial charge in [0.25, 0.3) is 0 Å². The first-order valence-electron chi connectivity index (χ1n) is 5.37. The molecule has 0 saturated carbocycles. The number of ether oxygens (including phenoxy) is 2. The largest absolute Gasteiger partial charge is 0.480 e. The van der Waals surface area contributed by atoms with Gasteiger partial charge in [0.15, 0.2) is 0 Å². The SMILES string of the molecule is CCOC(=O)N1C[C@H](OCC)C[C@@H]1C(=O)O. The van der Waals surface area contributed by atoms with Crippen molar-refractivity contribution in [1.29, 1.82) is 0 Å². The lowest BCUT2D eigenvalue weighted by Crippen LogP contribution is -2.40. The minimum Gasteiger partial charge on any atom is -0.480 e. The lowest BCUT2D eigenvalue weighted by Gasteiger charge is -2.19. The fourth-order valence-electron chi connectivity index (χ4n) is 1.80. The smallest absolute Gasteiger partial charge is 0.410 e. The number of carboxylic acids is 1. The zero-order chi connectivity index (χ0) is 12.1. The van der Waals surface area contributed by atoms with E-state index >= 15 is 0 Å². The van der Waals surface area contributed by atoms with Crippen LogP contribution in [-0.2, 0) is 14.3 Å². The summed E-state index contributed by atoms with van der Waals surface area (Å²) in [5, 5.41) is 8.98. The van der Waals surface area contributed by atoms with Gasteiger partial charge in [-0.3, -0.25) is 4.90 Å². The molecule has 0 spiro atoms. The standard InChI is InChI=1S/C10H17NO5/c1-3-15-7-5-8(9(12)13)11(6-7)10(14)16-4-2/h7-8H,3-6H2,1-2H3,(H,12,13)/t7-,8-/m1/s1. The van der Waals surface area contributed by atoms with E-state index in [0.717, 1.165) is 0 Å². The molecule has 2 atom stereocenters. The Hall–Kier alpha value is -1.30. The van der Waals surface area contributed by atoms with Gasteiger partial charge in [-0.1, -0.05) is 0 Å². The van der Waals surface area contributed by atoms with Crippen LogP contribution in [0.3, 0.4) is 0 Å². The number of nitrogens with zero attached hydrogens (tertiary/aromatic N) is 1. The van der Waals surface area contributed by atoms with Crippen molar-refractivity contribution in [2.75, 3.05) is 19.8 Å². The summed E-state index contributed by atoms with van der Waals surface area (Å²) in [6, 6.07) is -0.837. The lowest BCUT2D eigenvalue weighted by atomic mass is 10.2. The molecule has 0 radical (unpaired) electrons. The normalized spacial score (nSPS) is 24.5. The van der Waals surface area contributed by atoms with Gasteiger partial charge in [0.05, 0.1) is 19.3 Å².